The van der Waals surface area contributed by atoms with Gasteiger partial charge in [-0.3, -0.25) is 4.90 Å². The summed E-state index contributed by atoms with van der Waals surface area (Å²) in [6.45, 7) is 1.85. The zero-order valence-electron chi connectivity index (χ0n) is 14.0. The molecule has 2 heterocycles. The summed E-state index contributed by atoms with van der Waals surface area (Å²) in [5.41, 5.74) is 13.6. The highest BCUT2D eigenvalue weighted by Gasteiger charge is 2.13. The number of aliphatic imine (C=N–C) groups is 1. The average molecular weight is 334 g/mol. The van der Waals surface area contributed by atoms with E-state index in [4.69, 9.17) is 11.5 Å². The number of rotatable bonds is 4. The summed E-state index contributed by atoms with van der Waals surface area (Å²) in [4.78, 5) is 23.2. The predicted molar refractivity (Wildman–Crippen MR) is 99.1 cm³/mol. The third-order valence-electron chi connectivity index (χ3n) is 3.48. The molecule has 3 rings (SSSR count). The molecule has 25 heavy (non-hydrogen) atoms. The smallest absolute Gasteiger partial charge is 0.233 e. The molecule has 0 spiro atoms. The number of nitrogens with two attached hydrogens (primary N) is 2. The lowest BCUT2D eigenvalue weighted by Gasteiger charge is -2.17. The zero-order chi connectivity index (χ0) is 17.8. The van der Waals surface area contributed by atoms with E-state index in [0.717, 1.165) is 17.0 Å². The molecule has 1 aromatic carbocycles. The predicted octanol–water partition coefficient (Wildman–Crippen LogP) is 2.21. The number of aromatic nitrogens is 4. The van der Waals surface area contributed by atoms with Crippen LogP contribution in [0.25, 0.3) is 11.3 Å². The second kappa shape index (κ2) is 6.91. The number of nitrogen functional groups attached to an aromatic ring is 1. The van der Waals surface area contributed by atoms with Crippen molar-refractivity contribution in [2.45, 2.75) is 6.92 Å². The fraction of sp³-hybridized carbons (Fsp3) is 0.118. The van der Waals surface area contributed by atoms with Crippen LogP contribution in [0.1, 0.15) is 5.69 Å². The molecule has 4 N–H and O–H groups in total. The number of aryl methyl sites for hydroxylation is 1. The maximum atomic E-state index is 5.74. The van der Waals surface area contributed by atoms with E-state index in [0.29, 0.717) is 17.6 Å². The van der Waals surface area contributed by atoms with E-state index < -0.39 is 0 Å². The first kappa shape index (κ1) is 16.3. The minimum absolute atomic E-state index is 0.196. The van der Waals surface area contributed by atoms with Crippen molar-refractivity contribution in [1.82, 2.24) is 19.9 Å². The summed E-state index contributed by atoms with van der Waals surface area (Å²) in [5.74, 6) is 1.68. The van der Waals surface area contributed by atoms with Crippen molar-refractivity contribution in [2.75, 3.05) is 17.7 Å². The lowest BCUT2D eigenvalue weighted by atomic mass is 10.1. The van der Waals surface area contributed by atoms with E-state index in [-0.39, 0.29) is 5.95 Å². The van der Waals surface area contributed by atoms with Gasteiger partial charge in [0.2, 0.25) is 11.9 Å². The summed E-state index contributed by atoms with van der Waals surface area (Å²) in [6.07, 6.45) is 1.20. The van der Waals surface area contributed by atoms with Crippen LogP contribution in [0.5, 0.6) is 0 Å². The van der Waals surface area contributed by atoms with Crippen LogP contribution >= 0.6 is 0 Å². The molecule has 0 bridgehead atoms. The van der Waals surface area contributed by atoms with Gasteiger partial charge in [0.1, 0.15) is 5.82 Å². The van der Waals surface area contributed by atoms with Crippen LogP contribution in [0.4, 0.5) is 23.5 Å². The molecule has 0 atom stereocenters. The third kappa shape index (κ3) is 3.69. The van der Waals surface area contributed by atoms with Crippen molar-refractivity contribution in [3.05, 3.63) is 48.2 Å². The Balaban J connectivity index is 2.09. The van der Waals surface area contributed by atoms with Gasteiger partial charge in [-0.2, -0.15) is 9.97 Å². The molecule has 0 aliphatic carbocycles. The molecule has 0 saturated carbocycles. The van der Waals surface area contributed by atoms with Gasteiger partial charge in [-0.05, 0) is 6.92 Å². The van der Waals surface area contributed by atoms with Gasteiger partial charge in [-0.1, -0.05) is 30.3 Å². The van der Waals surface area contributed by atoms with Crippen molar-refractivity contribution >= 4 is 29.9 Å². The van der Waals surface area contributed by atoms with Gasteiger partial charge in [0.25, 0.3) is 0 Å². The fourth-order valence-corrected chi connectivity index (χ4v) is 2.32. The molecule has 0 radical (unpaired) electrons. The Labute approximate surface area is 145 Å². The summed E-state index contributed by atoms with van der Waals surface area (Å²) in [5, 5.41) is 0. The number of nitrogens with zero attached hydrogens (tertiary/aromatic N) is 6. The highest BCUT2D eigenvalue weighted by atomic mass is 15.3. The Morgan fingerprint density at radius 2 is 1.80 bits per heavy atom. The van der Waals surface area contributed by atoms with Gasteiger partial charge < -0.3 is 11.5 Å². The SMILES string of the molecule is Cc1cc(N(C)c2nc(N=CN)cc(-c3ccccc3)n2)nc(N)n1. The van der Waals surface area contributed by atoms with Gasteiger partial charge >= 0.3 is 0 Å². The van der Waals surface area contributed by atoms with Gasteiger partial charge in [0.05, 0.1) is 12.0 Å². The van der Waals surface area contributed by atoms with E-state index in [9.17, 15) is 0 Å². The zero-order valence-corrected chi connectivity index (χ0v) is 14.0. The number of hydrogen-bond donors (Lipinski definition) is 2. The minimum Gasteiger partial charge on any atom is -0.390 e. The lowest BCUT2D eigenvalue weighted by Crippen LogP contribution is -2.16. The van der Waals surface area contributed by atoms with Gasteiger partial charge in [0, 0.05) is 30.4 Å². The van der Waals surface area contributed by atoms with Crippen LogP contribution in [0.2, 0.25) is 0 Å². The summed E-state index contributed by atoms with van der Waals surface area (Å²) >= 11 is 0. The van der Waals surface area contributed by atoms with Gasteiger partial charge in [-0.25, -0.2) is 15.0 Å². The highest BCUT2D eigenvalue weighted by Crippen LogP contribution is 2.26. The molecule has 0 amide bonds. The van der Waals surface area contributed by atoms with Gasteiger partial charge in [-0.15, -0.1) is 0 Å². The molecule has 0 fully saturated rings. The second-order valence-electron chi connectivity index (χ2n) is 5.34. The van der Waals surface area contributed by atoms with Crippen molar-refractivity contribution in [3.63, 3.8) is 0 Å². The Morgan fingerprint density at radius 3 is 2.48 bits per heavy atom. The standard InChI is InChI=1S/C17H18N8/c1-11-8-15(24-16(19)21-11)25(2)17-22-13(9-14(23-17)20-10-18)12-6-4-3-5-7-12/h3-10H,1-2H3,(H2,19,21,24)(H2,18,20,22,23). The van der Waals surface area contributed by atoms with Crippen LogP contribution in [-0.2, 0) is 0 Å². The van der Waals surface area contributed by atoms with Crippen molar-refractivity contribution in [3.8, 4) is 11.3 Å². The molecule has 2 aromatic heterocycles. The van der Waals surface area contributed by atoms with Crippen LogP contribution in [0.3, 0.4) is 0 Å². The number of anilines is 3. The largest absolute Gasteiger partial charge is 0.390 e. The van der Waals surface area contributed by atoms with E-state index in [1.165, 1.54) is 6.34 Å². The molecule has 126 valence electrons. The van der Waals surface area contributed by atoms with Gasteiger partial charge in [0.15, 0.2) is 5.82 Å². The summed E-state index contributed by atoms with van der Waals surface area (Å²) in [6, 6.07) is 13.4. The molecular weight excluding hydrogens is 316 g/mol. The van der Waals surface area contributed by atoms with E-state index in [1.807, 2.05) is 37.3 Å². The maximum absolute atomic E-state index is 5.74. The molecule has 0 aliphatic rings. The lowest BCUT2D eigenvalue weighted by molar-refractivity contribution is 0.995. The van der Waals surface area contributed by atoms with Crippen LogP contribution in [-0.4, -0.2) is 33.3 Å². The monoisotopic (exact) mass is 334 g/mol. The van der Waals surface area contributed by atoms with Crippen molar-refractivity contribution in [2.24, 2.45) is 10.7 Å². The van der Waals surface area contributed by atoms with Crippen LogP contribution in [0, 0.1) is 6.92 Å². The summed E-state index contributed by atoms with van der Waals surface area (Å²) in [7, 11) is 1.81. The fourth-order valence-electron chi connectivity index (χ4n) is 2.32. The second-order valence-corrected chi connectivity index (χ2v) is 5.34. The van der Waals surface area contributed by atoms with E-state index >= 15 is 0 Å². The van der Waals surface area contributed by atoms with E-state index in [2.05, 4.69) is 24.9 Å². The highest BCUT2D eigenvalue weighted by molar-refractivity contribution is 5.67. The topological polar surface area (TPSA) is 119 Å². The number of hydrogen-bond acceptors (Lipinski definition) is 7. The first-order chi connectivity index (χ1) is 12.1. The van der Waals surface area contributed by atoms with Crippen LogP contribution in [0.15, 0.2) is 47.5 Å². The summed E-state index contributed by atoms with van der Waals surface area (Å²) < 4.78 is 0. The normalized spacial score (nSPS) is 11.0. The Hall–Kier alpha value is -3.55. The molecular formula is C17H18N8. The Morgan fingerprint density at radius 1 is 1.04 bits per heavy atom. The van der Waals surface area contributed by atoms with Crippen molar-refractivity contribution < 1.29 is 0 Å². The van der Waals surface area contributed by atoms with Crippen LogP contribution < -0.4 is 16.4 Å². The molecule has 0 unspecified atom stereocenters. The quantitative estimate of drug-likeness (QED) is 0.554. The molecule has 0 saturated heterocycles. The Bertz CT molecular complexity index is 888. The van der Waals surface area contributed by atoms with Crippen molar-refractivity contribution in [1.29, 1.82) is 0 Å². The Kier molecular flexibility index (Phi) is 4.51. The first-order valence-corrected chi connectivity index (χ1v) is 7.60. The third-order valence-corrected chi connectivity index (χ3v) is 3.48. The van der Waals surface area contributed by atoms with E-state index in [1.54, 1.807) is 24.1 Å². The molecule has 8 nitrogen and oxygen atoms in total. The molecule has 8 heteroatoms. The maximum Gasteiger partial charge on any atom is 0.233 e. The first-order valence-electron chi connectivity index (χ1n) is 7.60. The molecule has 0 aliphatic heterocycles. The molecule has 3 aromatic rings. The number of benzene rings is 1. The average Bonchev–Trinajstić information content (AvgIpc) is 2.61. The minimum atomic E-state index is 0.196.